The van der Waals surface area contributed by atoms with Crippen LogP contribution in [0.25, 0.3) is 0 Å². The van der Waals surface area contributed by atoms with Gasteiger partial charge in [-0.25, -0.2) is 0 Å². The fraction of sp³-hybridized carbons (Fsp3) is 0.222. The molecule has 0 aliphatic heterocycles. The zero-order chi connectivity index (χ0) is 17.7. The highest BCUT2D eigenvalue weighted by Gasteiger charge is 2.18. The largest absolute Gasteiger partial charge is 0.317 e. The Hall–Kier alpha value is -2.04. The van der Waals surface area contributed by atoms with Gasteiger partial charge in [-0.3, -0.25) is 9.59 Å². The summed E-state index contributed by atoms with van der Waals surface area (Å²) in [7, 11) is 0. The van der Waals surface area contributed by atoms with Gasteiger partial charge in [0.2, 0.25) is 0 Å². The average molecular weight is 365 g/mol. The molecule has 126 valence electrons. The molecule has 0 radical (unpaired) electrons. The maximum atomic E-state index is 12.3. The highest BCUT2D eigenvalue weighted by molar-refractivity contribution is 6.45. The molecule has 0 aliphatic rings. The van der Waals surface area contributed by atoms with Crippen molar-refractivity contribution < 1.29 is 9.59 Å². The number of carbonyl (C=O) groups excluding carboxylic acids is 2. The summed E-state index contributed by atoms with van der Waals surface area (Å²) in [6.07, 6.45) is 1.51. The Morgan fingerprint density at radius 1 is 0.917 bits per heavy atom. The molecule has 0 atom stereocenters. The maximum absolute atomic E-state index is 12.3. The number of hydrogen-bond donors (Lipinski definition) is 2. The van der Waals surface area contributed by atoms with Gasteiger partial charge in [-0.05, 0) is 42.2 Å². The SMILES string of the molecule is CCc1cccc(CC)c1NC(=O)C(=O)Nc1cc(Cl)ccc1Cl. The molecule has 24 heavy (non-hydrogen) atoms. The highest BCUT2D eigenvalue weighted by atomic mass is 35.5. The van der Waals surface area contributed by atoms with Crippen LogP contribution in [0, 0.1) is 0 Å². The Balaban J connectivity index is 2.18. The standard InChI is InChI=1S/C18H18Cl2N2O2/c1-3-11-6-5-7-12(4-2)16(11)22-18(24)17(23)21-15-10-13(19)8-9-14(15)20/h5-10H,3-4H2,1-2H3,(H,21,23)(H,22,24). The van der Waals surface area contributed by atoms with Crippen LogP contribution < -0.4 is 10.6 Å². The predicted octanol–water partition coefficient (Wildman–Crippen LogP) is 4.70. The molecule has 2 aromatic rings. The second-order valence-electron chi connectivity index (χ2n) is 5.19. The first-order valence-electron chi connectivity index (χ1n) is 7.64. The molecular formula is C18H18Cl2N2O2. The molecule has 0 saturated carbocycles. The Bertz CT molecular complexity index is 753. The van der Waals surface area contributed by atoms with Gasteiger partial charge in [-0.2, -0.15) is 0 Å². The van der Waals surface area contributed by atoms with Gasteiger partial charge in [0.1, 0.15) is 0 Å². The van der Waals surface area contributed by atoms with Gasteiger partial charge in [0.15, 0.2) is 0 Å². The second kappa shape index (κ2) is 8.18. The number of anilines is 2. The van der Waals surface area contributed by atoms with E-state index in [0.717, 1.165) is 24.0 Å². The molecule has 4 nitrogen and oxygen atoms in total. The molecule has 0 aliphatic carbocycles. The Kier molecular flexibility index (Phi) is 6.23. The summed E-state index contributed by atoms with van der Waals surface area (Å²) in [5.74, 6) is -1.55. The lowest BCUT2D eigenvalue weighted by Crippen LogP contribution is -2.30. The van der Waals surface area contributed by atoms with Crippen molar-refractivity contribution in [2.24, 2.45) is 0 Å². The van der Waals surface area contributed by atoms with E-state index in [-0.39, 0.29) is 0 Å². The van der Waals surface area contributed by atoms with Gasteiger partial charge in [-0.15, -0.1) is 0 Å². The van der Waals surface area contributed by atoms with Gasteiger partial charge in [0, 0.05) is 10.7 Å². The molecule has 0 fully saturated rings. The Morgan fingerprint density at radius 3 is 2.08 bits per heavy atom. The fourth-order valence-electron chi connectivity index (χ4n) is 2.35. The van der Waals surface area contributed by atoms with Gasteiger partial charge >= 0.3 is 11.8 Å². The third-order valence-electron chi connectivity index (χ3n) is 3.62. The molecule has 0 spiro atoms. The van der Waals surface area contributed by atoms with Crippen LogP contribution in [0.15, 0.2) is 36.4 Å². The number of aryl methyl sites for hydroxylation is 2. The summed E-state index contributed by atoms with van der Waals surface area (Å²) >= 11 is 11.9. The first kappa shape index (κ1) is 18.3. The van der Waals surface area contributed by atoms with E-state index in [2.05, 4.69) is 10.6 Å². The van der Waals surface area contributed by atoms with Crippen LogP contribution in [-0.2, 0) is 22.4 Å². The van der Waals surface area contributed by atoms with E-state index < -0.39 is 11.8 Å². The van der Waals surface area contributed by atoms with Gasteiger partial charge < -0.3 is 10.6 Å². The Morgan fingerprint density at radius 2 is 1.50 bits per heavy atom. The molecule has 2 amide bonds. The zero-order valence-corrected chi connectivity index (χ0v) is 15.0. The summed E-state index contributed by atoms with van der Waals surface area (Å²) < 4.78 is 0. The van der Waals surface area contributed by atoms with Crippen LogP contribution in [0.1, 0.15) is 25.0 Å². The quantitative estimate of drug-likeness (QED) is 0.772. The Labute approximate surface area is 151 Å². The van der Waals surface area contributed by atoms with Gasteiger partial charge in [0.25, 0.3) is 0 Å². The molecule has 0 bridgehead atoms. The minimum atomic E-state index is -0.799. The van der Waals surface area contributed by atoms with Crippen molar-refractivity contribution in [1.82, 2.24) is 0 Å². The smallest absolute Gasteiger partial charge is 0.314 e. The summed E-state index contributed by atoms with van der Waals surface area (Å²) in [5, 5.41) is 5.91. The first-order valence-corrected chi connectivity index (χ1v) is 8.40. The van der Waals surface area contributed by atoms with E-state index in [4.69, 9.17) is 23.2 Å². The number of hydrogen-bond acceptors (Lipinski definition) is 2. The van der Waals surface area contributed by atoms with Crippen LogP contribution >= 0.6 is 23.2 Å². The average Bonchev–Trinajstić information content (AvgIpc) is 2.58. The number of rotatable bonds is 4. The molecular weight excluding hydrogens is 347 g/mol. The van der Waals surface area contributed by atoms with E-state index in [1.165, 1.54) is 6.07 Å². The van der Waals surface area contributed by atoms with Crippen molar-refractivity contribution in [2.75, 3.05) is 10.6 Å². The number of nitrogens with one attached hydrogen (secondary N) is 2. The fourth-order valence-corrected chi connectivity index (χ4v) is 2.68. The van der Waals surface area contributed by atoms with Crippen LogP contribution in [-0.4, -0.2) is 11.8 Å². The zero-order valence-electron chi connectivity index (χ0n) is 13.5. The third kappa shape index (κ3) is 4.28. The molecule has 2 N–H and O–H groups in total. The van der Waals surface area contributed by atoms with E-state index in [9.17, 15) is 9.59 Å². The van der Waals surface area contributed by atoms with Crippen molar-refractivity contribution in [1.29, 1.82) is 0 Å². The highest BCUT2D eigenvalue weighted by Crippen LogP contribution is 2.26. The second-order valence-corrected chi connectivity index (χ2v) is 6.03. The lowest BCUT2D eigenvalue weighted by atomic mass is 10.0. The van der Waals surface area contributed by atoms with E-state index >= 15 is 0 Å². The van der Waals surface area contributed by atoms with E-state index in [1.54, 1.807) is 12.1 Å². The van der Waals surface area contributed by atoms with Crippen LogP contribution in [0.3, 0.4) is 0 Å². The normalized spacial score (nSPS) is 10.3. The van der Waals surface area contributed by atoms with Crippen LogP contribution in [0.2, 0.25) is 10.0 Å². The first-order chi connectivity index (χ1) is 11.5. The van der Waals surface area contributed by atoms with Crippen LogP contribution in [0.4, 0.5) is 11.4 Å². The molecule has 2 rings (SSSR count). The summed E-state index contributed by atoms with van der Waals surface area (Å²) in [6, 6.07) is 10.5. The van der Waals surface area contributed by atoms with E-state index in [0.29, 0.717) is 21.4 Å². The maximum Gasteiger partial charge on any atom is 0.314 e. The number of benzene rings is 2. The molecule has 0 saturated heterocycles. The van der Waals surface area contributed by atoms with Crippen LogP contribution in [0.5, 0.6) is 0 Å². The third-order valence-corrected chi connectivity index (χ3v) is 4.18. The number of halogens is 2. The number of para-hydroxylation sites is 1. The minimum Gasteiger partial charge on any atom is -0.317 e. The lowest BCUT2D eigenvalue weighted by molar-refractivity contribution is -0.133. The predicted molar refractivity (Wildman–Crippen MR) is 98.9 cm³/mol. The molecule has 2 aromatic carbocycles. The van der Waals surface area contributed by atoms with E-state index in [1.807, 2.05) is 32.0 Å². The monoisotopic (exact) mass is 364 g/mol. The number of carbonyl (C=O) groups is 2. The summed E-state index contributed by atoms with van der Waals surface area (Å²) in [5.41, 5.74) is 2.95. The molecule has 6 heteroatoms. The molecule has 0 heterocycles. The summed E-state index contributed by atoms with van der Waals surface area (Å²) in [4.78, 5) is 24.4. The lowest BCUT2D eigenvalue weighted by Gasteiger charge is -2.14. The minimum absolute atomic E-state index is 0.295. The van der Waals surface area contributed by atoms with Gasteiger partial charge in [-0.1, -0.05) is 55.2 Å². The van der Waals surface area contributed by atoms with Crippen molar-refractivity contribution in [2.45, 2.75) is 26.7 Å². The van der Waals surface area contributed by atoms with Gasteiger partial charge in [0.05, 0.1) is 10.7 Å². The van der Waals surface area contributed by atoms with Crippen molar-refractivity contribution >= 4 is 46.4 Å². The molecule has 0 unspecified atom stereocenters. The number of amides is 2. The molecule has 0 aromatic heterocycles. The van der Waals surface area contributed by atoms with Crippen molar-refractivity contribution in [3.05, 3.63) is 57.6 Å². The topological polar surface area (TPSA) is 58.2 Å². The summed E-state index contributed by atoms with van der Waals surface area (Å²) in [6.45, 7) is 3.99. The van der Waals surface area contributed by atoms with Crippen molar-refractivity contribution in [3.63, 3.8) is 0 Å². The van der Waals surface area contributed by atoms with Crippen molar-refractivity contribution in [3.8, 4) is 0 Å².